The first-order valence-electron chi connectivity index (χ1n) is 7.89. The van der Waals surface area contributed by atoms with Crippen molar-refractivity contribution >= 4 is 0 Å². The Bertz CT molecular complexity index is 377. The summed E-state index contributed by atoms with van der Waals surface area (Å²) in [5.41, 5.74) is 7.64. The molecule has 1 aromatic carbocycles. The summed E-state index contributed by atoms with van der Waals surface area (Å²) in [5.74, 6) is 0.925. The van der Waals surface area contributed by atoms with E-state index >= 15 is 0 Å². The van der Waals surface area contributed by atoms with Crippen molar-refractivity contribution in [3.05, 3.63) is 29.8 Å². The Morgan fingerprint density at radius 3 is 2.15 bits per heavy atom. The SMILES string of the molecule is CCCCc1ccc(OC(C(N)CC)C(C)(C)C)cc1. The van der Waals surface area contributed by atoms with E-state index in [9.17, 15) is 0 Å². The fourth-order valence-corrected chi connectivity index (χ4v) is 2.38. The van der Waals surface area contributed by atoms with Crippen LogP contribution in [0, 0.1) is 5.41 Å². The second-order valence-corrected chi connectivity index (χ2v) is 6.72. The Balaban J connectivity index is 2.74. The number of hydrogen-bond acceptors (Lipinski definition) is 2. The van der Waals surface area contributed by atoms with E-state index in [0.29, 0.717) is 0 Å². The summed E-state index contributed by atoms with van der Waals surface area (Å²) in [4.78, 5) is 0. The van der Waals surface area contributed by atoms with E-state index in [4.69, 9.17) is 10.5 Å². The molecule has 20 heavy (non-hydrogen) atoms. The number of aryl methyl sites for hydroxylation is 1. The van der Waals surface area contributed by atoms with Gasteiger partial charge < -0.3 is 10.5 Å². The molecule has 2 nitrogen and oxygen atoms in total. The third-order valence-electron chi connectivity index (χ3n) is 3.72. The van der Waals surface area contributed by atoms with E-state index in [0.717, 1.165) is 18.6 Å². The van der Waals surface area contributed by atoms with Crippen molar-refractivity contribution in [2.45, 2.75) is 72.4 Å². The minimum Gasteiger partial charge on any atom is -0.488 e. The lowest BCUT2D eigenvalue weighted by atomic mass is 9.84. The van der Waals surface area contributed by atoms with Crippen molar-refractivity contribution in [2.75, 3.05) is 0 Å². The van der Waals surface area contributed by atoms with E-state index in [1.54, 1.807) is 0 Å². The van der Waals surface area contributed by atoms with Gasteiger partial charge in [-0.05, 0) is 37.0 Å². The molecule has 0 heterocycles. The third kappa shape index (κ3) is 5.16. The summed E-state index contributed by atoms with van der Waals surface area (Å²) in [6, 6.07) is 8.55. The maximum Gasteiger partial charge on any atom is 0.119 e. The van der Waals surface area contributed by atoms with Crippen molar-refractivity contribution in [1.82, 2.24) is 0 Å². The van der Waals surface area contributed by atoms with Crippen LogP contribution in [0.2, 0.25) is 0 Å². The molecule has 2 heteroatoms. The van der Waals surface area contributed by atoms with Gasteiger partial charge in [0.25, 0.3) is 0 Å². The highest BCUT2D eigenvalue weighted by molar-refractivity contribution is 5.27. The first-order valence-corrected chi connectivity index (χ1v) is 7.89. The van der Waals surface area contributed by atoms with Crippen LogP contribution in [-0.2, 0) is 6.42 Å². The minimum atomic E-state index is 0.0361. The molecular formula is C18H31NO. The van der Waals surface area contributed by atoms with Crippen LogP contribution in [0.4, 0.5) is 0 Å². The number of nitrogens with two attached hydrogens (primary N) is 1. The third-order valence-corrected chi connectivity index (χ3v) is 3.72. The van der Waals surface area contributed by atoms with Crippen LogP contribution in [0.3, 0.4) is 0 Å². The lowest BCUT2D eigenvalue weighted by Gasteiger charge is -2.35. The van der Waals surface area contributed by atoms with E-state index in [1.807, 2.05) is 0 Å². The molecule has 2 N–H and O–H groups in total. The van der Waals surface area contributed by atoms with Crippen molar-refractivity contribution in [2.24, 2.45) is 11.1 Å². The number of unbranched alkanes of at least 4 members (excludes halogenated alkanes) is 1. The average Bonchev–Trinajstić information content (AvgIpc) is 2.41. The molecule has 2 unspecified atom stereocenters. The highest BCUT2D eigenvalue weighted by atomic mass is 16.5. The Morgan fingerprint density at radius 1 is 1.10 bits per heavy atom. The lowest BCUT2D eigenvalue weighted by Crippen LogP contribution is -2.47. The number of rotatable bonds is 7. The topological polar surface area (TPSA) is 35.2 Å². The van der Waals surface area contributed by atoms with E-state index in [1.165, 1.54) is 18.4 Å². The maximum absolute atomic E-state index is 6.22. The van der Waals surface area contributed by atoms with Crippen LogP contribution in [0.25, 0.3) is 0 Å². The quantitative estimate of drug-likeness (QED) is 0.793. The Hall–Kier alpha value is -1.02. The van der Waals surface area contributed by atoms with Crippen molar-refractivity contribution in [1.29, 1.82) is 0 Å². The van der Waals surface area contributed by atoms with Crippen molar-refractivity contribution < 1.29 is 4.74 Å². The van der Waals surface area contributed by atoms with Gasteiger partial charge in [0.15, 0.2) is 0 Å². The zero-order valence-electron chi connectivity index (χ0n) is 13.8. The molecule has 0 aliphatic heterocycles. The van der Waals surface area contributed by atoms with Crippen LogP contribution in [0.15, 0.2) is 24.3 Å². The standard InChI is InChI=1S/C18H31NO/c1-6-8-9-14-10-12-15(13-11-14)20-17(16(19)7-2)18(3,4)5/h10-13,16-17H,6-9,19H2,1-5H3. The van der Waals surface area contributed by atoms with E-state index in [-0.39, 0.29) is 17.6 Å². The first kappa shape index (κ1) is 17.0. The molecule has 114 valence electrons. The number of benzene rings is 1. The second kappa shape index (κ2) is 7.68. The molecule has 0 fully saturated rings. The summed E-state index contributed by atoms with van der Waals surface area (Å²) in [7, 11) is 0. The van der Waals surface area contributed by atoms with Crippen molar-refractivity contribution in [3.63, 3.8) is 0 Å². The Kier molecular flexibility index (Phi) is 6.54. The molecule has 0 bridgehead atoms. The maximum atomic E-state index is 6.22. The zero-order valence-corrected chi connectivity index (χ0v) is 13.8. The largest absolute Gasteiger partial charge is 0.488 e. The predicted octanol–water partition coefficient (Wildman–Crippen LogP) is 4.56. The van der Waals surface area contributed by atoms with Gasteiger partial charge in [-0.25, -0.2) is 0 Å². The molecule has 1 rings (SSSR count). The molecule has 0 aromatic heterocycles. The van der Waals surface area contributed by atoms with Gasteiger partial charge in [0.1, 0.15) is 11.9 Å². The normalized spacial score (nSPS) is 14.9. The van der Waals surface area contributed by atoms with Gasteiger partial charge in [-0.15, -0.1) is 0 Å². The summed E-state index contributed by atoms with van der Waals surface area (Å²) in [6.45, 7) is 10.9. The molecule has 0 radical (unpaired) electrons. The van der Waals surface area contributed by atoms with Gasteiger partial charge in [0.2, 0.25) is 0 Å². The first-order chi connectivity index (χ1) is 9.38. The molecule has 0 aliphatic rings. The Labute approximate surface area is 124 Å². The van der Waals surface area contributed by atoms with Crippen molar-refractivity contribution in [3.8, 4) is 5.75 Å². The predicted molar refractivity (Wildman–Crippen MR) is 87.2 cm³/mol. The average molecular weight is 277 g/mol. The zero-order chi connectivity index (χ0) is 15.2. The van der Waals surface area contributed by atoms with Gasteiger partial charge in [-0.3, -0.25) is 0 Å². The highest BCUT2D eigenvalue weighted by Crippen LogP contribution is 2.28. The molecule has 0 spiro atoms. The van der Waals surface area contributed by atoms with Crippen LogP contribution in [0.5, 0.6) is 5.75 Å². The summed E-state index contributed by atoms with van der Waals surface area (Å²) in [6.07, 6.45) is 4.58. The van der Waals surface area contributed by atoms with Gasteiger partial charge in [-0.2, -0.15) is 0 Å². The monoisotopic (exact) mass is 277 g/mol. The van der Waals surface area contributed by atoms with Gasteiger partial charge in [-0.1, -0.05) is 53.2 Å². The molecule has 0 saturated carbocycles. The molecule has 0 saturated heterocycles. The van der Waals surface area contributed by atoms with Crippen LogP contribution < -0.4 is 10.5 Å². The molecule has 0 amide bonds. The van der Waals surface area contributed by atoms with Gasteiger partial charge in [0.05, 0.1) is 0 Å². The van der Waals surface area contributed by atoms with Crippen LogP contribution in [0.1, 0.15) is 59.4 Å². The number of ether oxygens (including phenoxy) is 1. The molecule has 0 aliphatic carbocycles. The fourth-order valence-electron chi connectivity index (χ4n) is 2.38. The Morgan fingerprint density at radius 2 is 1.70 bits per heavy atom. The van der Waals surface area contributed by atoms with E-state index < -0.39 is 0 Å². The van der Waals surface area contributed by atoms with E-state index in [2.05, 4.69) is 58.9 Å². The summed E-state index contributed by atoms with van der Waals surface area (Å²) in [5, 5.41) is 0. The number of hydrogen-bond donors (Lipinski definition) is 1. The highest BCUT2D eigenvalue weighted by Gasteiger charge is 2.31. The van der Waals surface area contributed by atoms with Gasteiger partial charge >= 0.3 is 0 Å². The minimum absolute atomic E-state index is 0.0361. The summed E-state index contributed by atoms with van der Waals surface area (Å²) < 4.78 is 6.17. The van der Waals surface area contributed by atoms with Crippen LogP contribution in [-0.4, -0.2) is 12.1 Å². The van der Waals surface area contributed by atoms with Crippen LogP contribution >= 0.6 is 0 Å². The van der Waals surface area contributed by atoms with Gasteiger partial charge in [0, 0.05) is 11.5 Å². The molecular weight excluding hydrogens is 246 g/mol. The smallest absolute Gasteiger partial charge is 0.119 e. The fraction of sp³-hybridized carbons (Fsp3) is 0.667. The second-order valence-electron chi connectivity index (χ2n) is 6.72. The lowest BCUT2D eigenvalue weighted by molar-refractivity contribution is 0.0621. The molecule has 1 aromatic rings. The molecule has 2 atom stereocenters. The summed E-state index contributed by atoms with van der Waals surface area (Å²) >= 11 is 0.